The van der Waals surface area contributed by atoms with Gasteiger partial charge in [0.25, 0.3) is 0 Å². The molecule has 0 aromatic heterocycles. The Kier molecular flexibility index (Phi) is 2.96. The minimum atomic E-state index is -0.812. The maximum atomic E-state index is 11.3. The zero-order chi connectivity index (χ0) is 13.4. The largest absolute Gasteiger partial charge is 0.481 e. The van der Waals surface area contributed by atoms with Crippen LogP contribution in [0.1, 0.15) is 23.6 Å². The molecule has 2 aliphatic heterocycles. The molecule has 2 atom stereocenters. The number of fused-ring (bicyclic) bond motifs is 1. The molecule has 2 heterocycles. The minimum Gasteiger partial charge on any atom is -0.481 e. The first kappa shape index (κ1) is 12.1. The number of benzene rings is 1. The Hall–Kier alpha value is -1.92. The number of hydrazine groups is 1. The number of carboxylic acids is 1. The van der Waals surface area contributed by atoms with Gasteiger partial charge >= 0.3 is 5.97 Å². The summed E-state index contributed by atoms with van der Waals surface area (Å²) >= 11 is 0. The quantitative estimate of drug-likeness (QED) is 0.619. The van der Waals surface area contributed by atoms with Crippen molar-refractivity contribution in [3.8, 4) is 0 Å². The van der Waals surface area contributed by atoms with Gasteiger partial charge in [-0.05, 0) is 23.6 Å². The molecule has 3 rings (SSSR count). The van der Waals surface area contributed by atoms with Crippen LogP contribution in [0.2, 0.25) is 0 Å². The fraction of sp³-hybridized carbons (Fsp3) is 0.385. The summed E-state index contributed by atoms with van der Waals surface area (Å²) in [6.07, 6.45) is 1.18. The molecular weight excluding hydrogens is 246 g/mol. The van der Waals surface area contributed by atoms with Crippen LogP contribution in [-0.2, 0) is 16.0 Å². The molecule has 2 aliphatic rings. The predicted molar refractivity (Wildman–Crippen MR) is 68.4 cm³/mol. The fourth-order valence-corrected chi connectivity index (χ4v) is 2.64. The lowest BCUT2D eigenvalue weighted by molar-refractivity contribution is -0.141. The van der Waals surface area contributed by atoms with Gasteiger partial charge < -0.3 is 10.4 Å². The molecule has 0 saturated carbocycles. The molecule has 6 nitrogen and oxygen atoms in total. The molecule has 1 aromatic carbocycles. The third-order valence-electron chi connectivity index (χ3n) is 3.68. The Morgan fingerprint density at radius 3 is 2.95 bits per heavy atom. The number of aryl methyl sites for hydroxylation is 1. The molecule has 1 amide bonds. The Morgan fingerprint density at radius 1 is 1.32 bits per heavy atom. The number of hydrogen-bond acceptors (Lipinski definition) is 4. The van der Waals surface area contributed by atoms with E-state index in [0.717, 1.165) is 16.8 Å². The summed E-state index contributed by atoms with van der Waals surface area (Å²) in [5, 5.41) is 12.0. The highest BCUT2D eigenvalue weighted by Gasteiger charge is 2.34. The van der Waals surface area contributed by atoms with Crippen LogP contribution >= 0.6 is 0 Å². The molecule has 19 heavy (non-hydrogen) atoms. The monoisotopic (exact) mass is 261 g/mol. The highest BCUT2D eigenvalue weighted by atomic mass is 16.4. The van der Waals surface area contributed by atoms with E-state index in [1.54, 1.807) is 0 Å². The number of rotatable bonds is 2. The lowest BCUT2D eigenvalue weighted by atomic mass is 9.91. The lowest BCUT2D eigenvalue weighted by Gasteiger charge is -2.21. The third-order valence-corrected chi connectivity index (χ3v) is 3.68. The molecule has 0 aliphatic carbocycles. The van der Waals surface area contributed by atoms with Gasteiger partial charge in [0.2, 0.25) is 5.91 Å². The van der Waals surface area contributed by atoms with E-state index in [2.05, 4.69) is 16.2 Å². The zero-order valence-electron chi connectivity index (χ0n) is 10.3. The van der Waals surface area contributed by atoms with Gasteiger partial charge in [0.05, 0.1) is 12.0 Å². The van der Waals surface area contributed by atoms with Crippen molar-refractivity contribution in [2.75, 3.05) is 11.9 Å². The molecule has 0 bridgehead atoms. The van der Waals surface area contributed by atoms with E-state index in [4.69, 9.17) is 0 Å². The van der Waals surface area contributed by atoms with Gasteiger partial charge in [-0.2, -0.15) is 0 Å². The Bertz CT molecular complexity index is 544. The average molecular weight is 261 g/mol. The number of nitrogens with one attached hydrogen (secondary N) is 3. The highest BCUT2D eigenvalue weighted by molar-refractivity contribution is 5.93. The van der Waals surface area contributed by atoms with Gasteiger partial charge in [-0.3, -0.25) is 15.0 Å². The molecule has 100 valence electrons. The second-order valence-electron chi connectivity index (χ2n) is 4.91. The number of amides is 1. The van der Waals surface area contributed by atoms with Gasteiger partial charge in [-0.25, -0.2) is 5.43 Å². The van der Waals surface area contributed by atoms with Gasteiger partial charge in [0.1, 0.15) is 0 Å². The zero-order valence-corrected chi connectivity index (χ0v) is 10.3. The summed E-state index contributed by atoms with van der Waals surface area (Å²) in [6.45, 7) is 0.411. The summed E-state index contributed by atoms with van der Waals surface area (Å²) in [4.78, 5) is 22.5. The summed E-state index contributed by atoms with van der Waals surface area (Å²) in [5.74, 6) is -1.26. The van der Waals surface area contributed by atoms with Gasteiger partial charge in [-0.1, -0.05) is 12.1 Å². The van der Waals surface area contributed by atoms with Crippen molar-refractivity contribution in [2.24, 2.45) is 5.92 Å². The van der Waals surface area contributed by atoms with Crippen LogP contribution in [0.4, 0.5) is 5.69 Å². The molecule has 4 N–H and O–H groups in total. The van der Waals surface area contributed by atoms with E-state index in [1.807, 2.05) is 18.2 Å². The highest BCUT2D eigenvalue weighted by Crippen LogP contribution is 2.30. The topological polar surface area (TPSA) is 90.5 Å². The molecule has 1 aromatic rings. The van der Waals surface area contributed by atoms with E-state index in [0.29, 0.717) is 19.4 Å². The van der Waals surface area contributed by atoms with Crippen LogP contribution in [0.3, 0.4) is 0 Å². The SMILES string of the molecule is O=C1CCc2cc(C3NNCC3C(=O)O)ccc2N1. The fourth-order valence-electron chi connectivity index (χ4n) is 2.64. The summed E-state index contributed by atoms with van der Waals surface area (Å²) in [7, 11) is 0. The van der Waals surface area contributed by atoms with Crippen molar-refractivity contribution in [2.45, 2.75) is 18.9 Å². The van der Waals surface area contributed by atoms with Crippen molar-refractivity contribution >= 4 is 17.6 Å². The van der Waals surface area contributed by atoms with E-state index in [9.17, 15) is 14.7 Å². The first-order chi connectivity index (χ1) is 9.15. The number of carboxylic acid groups (broad SMARTS) is 1. The van der Waals surface area contributed by atoms with Crippen LogP contribution in [0, 0.1) is 5.92 Å². The standard InChI is InChI=1S/C13H15N3O3/c17-11-4-2-7-5-8(1-3-10(7)15-11)12-9(13(18)19)6-14-16-12/h1,3,5,9,12,14,16H,2,4,6H2,(H,15,17)(H,18,19). The van der Waals surface area contributed by atoms with Crippen molar-refractivity contribution in [1.29, 1.82) is 0 Å². The van der Waals surface area contributed by atoms with Crippen LogP contribution in [-0.4, -0.2) is 23.5 Å². The number of hydrogen-bond donors (Lipinski definition) is 4. The molecule has 0 radical (unpaired) electrons. The lowest BCUT2D eigenvalue weighted by Crippen LogP contribution is -2.27. The first-order valence-corrected chi connectivity index (χ1v) is 6.29. The molecular formula is C13H15N3O3. The van der Waals surface area contributed by atoms with Crippen molar-refractivity contribution in [3.63, 3.8) is 0 Å². The number of anilines is 1. The van der Waals surface area contributed by atoms with Crippen molar-refractivity contribution in [1.82, 2.24) is 10.9 Å². The molecule has 2 unspecified atom stereocenters. The van der Waals surface area contributed by atoms with E-state index in [-0.39, 0.29) is 11.9 Å². The van der Waals surface area contributed by atoms with E-state index < -0.39 is 11.9 Å². The average Bonchev–Trinajstić information content (AvgIpc) is 2.87. The van der Waals surface area contributed by atoms with Crippen LogP contribution < -0.4 is 16.2 Å². The molecule has 1 saturated heterocycles. The second-order valence-corrected chi connectivity index (χ2v) is 4.91. The second kappa shape index (κ2) is 4.64. The summed E-state index contributed by atoms with van der Waals surface area (Å²) in [6, 6.07) is 5.46. The first-order valence-electron chi connectivity index (χ1n) is 6.29. The van der Waals surface area contributed by atoms with Gasteiger partial charge in [0.15, 0.2) is 0 Å². The van der Waals surface area contributed by atoms with Crippen LogP contribution in [0.15, 0.2) is 18.2 Å². The molecule has 1 fully saturated rings. The Labute approximate surface area is 110 Å². The van der Waals surface area contributed by atoms with Crippen LogP contribution in [0.25, 0.3) is 0 Å². The van der Waals surface area contributed by atoms with Gasteiger partial charge in [-0.15, -0.1) is 0 Å². The van der Waals surface area contributed by atoms with E-state index >= 15 is 0 Å². The number of carbonyl (C=O) groups excluding carboxylic acids is 1. The summed E-state index contributed by atoms with van der Waals surface area (Å²) < 4.78 is 0. The Balaban J connectivity index is 1.90. The normalized spacial score (nSPS) is 25.8. The smallest absolute Gasteiger partial charge is 0.309 e. The third kappa shape index (κ3) is 2.20. The van der Waals surface area contributed by atoms with Gasteiger partial charge in [0, 0.05) is 18.7 Å². The number of carbonyl (C=O) groups is 2. The minimum absolute atomic E-state index is 0.0318. The van der Waals surface area contributed by atoms with Crippen molar-refractivity contribution < 1.29 is 14.7 Å². The summed E-state index contributed by atoms with van der Waals surface area (Å²) in [5.41, 5.74) is 8.72. The van der Waals surface area contributed by atoms with E-state index in [1.165, 1.54) is 0 Å². The maximum absolute atomic E-state index is 11.3. The number of aliphatic carboxylic acids is 1. The molecule has 6 heteroatoms. The van der Waals surface area contributed by atoms with Crippen molar-refractivity contribution in [3.05, 3.63) is 29.3 Å². The predicted octanol–water partition coefficient (Wildman–Crippen LogP) is 0.421. The molecule has 0 spiro atoms. The Morgan fingerprint density at radius 2 is 2.16 bits per heavy atom. The maximum Gasteiger partial charge on any atom is 0.309 e. The van der Waals surface area contributed by atoms with Crippen LogP contribution in [0.5, 0.6) is 0 Å².